The summed E-state index contributed by atoms with van der Waals surface area (Å²) >= 11 is 5.93. The Hall–Kier alpha value is -1.42. The van der Waals surface area contributed by atoms with E-state index in [1.54, 1.807) is 0 Å². The molecule has 4 heteroatoms. The van der Waals surface area contributed by atoms with Crippen LogP contribution in [0.1, 0.15) is 23.0 Å². The van der Waals surface area contributed by atoms with E-state index >= 15 is 0 Å². The molecule has 0 bridgehead atoms. The van der Waals surface area contributed by atoms with Crippen LogP contribution in [0.15, 0.2) is 42.5 Å². The number of hydrogen-bond donors (Lipinski definition) is 1. The number of benzene rings is 1. The van der Waals surface area contributed by atoms with Crippen molar-refractivity contribution >= 4 is 11.6 Å². The van der Waals surface area contributed by atoms with Gasteiger partial charge in [-0.25, -0.2) is 0 Å². The van der Waals surface area contributed by atoms with Crippen molar-refractivity contribution in [3.63, 3.8) is 0 Å². The SMILES string of the molecule is Cc1cccc(CN(C)C(CN)c2ccc(Cl)cc2)n1. The summed E-state index contributed by atoms with van der Waals surface area (Å²) in [5, 5.41) is 0.743. The Balaban J connectivity index is 2.13. The third-order valence-corrected chi connectivity index (χ3v) is 3.62. The molecule has 2 aromatic rings. The van der Waals surface area contributed by atoms with Crippen LogP contribution in [-0.4, -0.2) is 23.5 Å². The Labute approximate surface area is 125 Å². The van der Waals surface area contributed by atoms with Crippen LogP contribution in [0.25, 0.3) is 0 Å². The van der Waals surface area contributed by atoms with Crippen LogP contribution >= 0.6 is 11.6 Å². The summed E-state index contributed by atoms with van der Waals surface area (Å²) in [4.78, 5) is 6.75. The Morgan fingerprint density at radius 3 is 2.50 bits per heavy atom. The average molecular weight is 290 g/mol. The van der Waals surface area contributed by atoms with Gasteiger partial charge < -0.3 is 5.73 Å². The number of halogens is 1. The first-order valence-corrected chi connectivity index (χ1v) is 7.06. The van der Waals surface area contributed by atoms with Gasteiger partial charge >= 0.3 is 0 Å². The van der Waals surface area contributed by atoms with Gasteiger partial charge in [-0.3, -0.25) is 9.88 Å². The lowest BCUT2D eigenvalue weighted by molar-refractivity contribution is 0.239. The Morgan fingerprint density at radius 1 is 1.20 bits per heavy atom. The minimum atomic E-state index is 0.162. The maximum absolute atomic E-state index is 5.93. The van der Waals surface area contributed by atoms with Crippen molar-refractivity contribution in [2.45, 2.75) is 19.5 Å². The molecular formula is C16H20ClN3. The maximum atomic E-state index is 5.93. The molecule has 0 spiro atoms. The van der Waals surface area contributed by atoms with Crippen molar-refractivity contribution in [2.24, 2.45) is 5.73 Å². The topological polar surface area (TPSA) is 42.1 Å². The maximum Gasteiger partial charge on any atom is 0.0547 e. The summed E-state index contributed by atoms with van der Waals surface area (Å²) in [6.07, 6.45) is 0. The van der Waals surface area contributed by atoms with Gasteiger partial charge in [-0.1, -0.05) is 29.8 Å². The molecule has 3 nitrogen and oxygen atoms in total. The third-order valence-electron chi connectivity index (χ3n) is 3.37. The summed E-state index contributed by atoms with van der Waals surface area (Å²) in [5.41, 5.74) is 9.19. The lowest BCUT2D eigenvalue weighted by atomic mass is 10.1. The first kappa shape index (κ1) is 15.0. The van der Waals surface area contributed by atoms with Crippen LogP contribution in [0.3, 0.4) is 0 Å². The molecule has 1 atom stereocenters. The highest BCUT2D eigenvalue weighted by atomic mass is 35.5. The lowest BCUT2D eigenvalue weighted by Gasteiger charge is -2.27. The molecule has 1 aromatic heterocycles. The number of likely N-dealkylation sites (N-methyl/N-ethyl adjacent to an activating group) is 1. The fourth-order valence-corrected chi connectivity index (χ4v) is 2.43. The molecule has 0 aliphatic heterocycles. The van der Waals surface area contributed by atoms with E-state index < -0.39 is 0 Å². The van der Waals surface area contributed by atoms with Gasteiger partial charge in [0.1, 0.15) is 0 Å². The first-order valence-electron chi connectivity index (χ1n) is 6.68. The lowest BCUT2D eigenvalue weighted by Crippen LogP contribution is -2.30. The van der Waals surface area contributed by atoms with Crippen LogP contribution in [0.2, 0.25) is 5.02 Å². The number of nitrogens with zero attached hydrogens (tertiary/aromatic N) is 2. The van der Waals surface area contributed by atoms with Crippen molar-refractivity contribution in [1.29, 1.82) is 0 Å². The molecule has 106 valence electrons. The van der Waals surface area contributed by atoms with Gasteiger partial charge in [-0.2, -0.15) is 0 Å². The number of nitrogens with two attached hydrogens (primary N) is 1. The highest BCUT2D eigenvalue weighted by Crippen LogP contribution is 2.21. The molecule has 1 heterocycles. The second-order valence-corrected chi connectivity index (χ2v) is 5.42. The molecule has 1 aromatic carbocycles. The summed E-state index contributed by atoms with van der Waals surface area (Å²) in [7, 11) is 2.07. The summed E-state index contributed by atoms with van der Waals surface area (Å²) in [6.45, 7) is 3.33. The van der Waals surface area contributed by atoms with Gasteiger partial charge in [0.25, 0.3) is 0 Å². The van der Waals surface area contributed by atoms with E-state index in [2.05, 4.69) is 16.9 Å². The Kier molecular flexibility index (Phi) is 5.12. The predicted octanol–water partition coefficient (Wildman–Crippen LogP) is 3.18. The van der Waals surface area contributed by atoms with E-state index in [1.807, 2.05) is 49.4 Å². The van der Waals surface area contributed by atoms with Crippen molar-refractivity contribution in [3.8, 4) is 0 Å². The molecule has 0 saturated carbocycles. The fraction of sp³-hybridized carbons (Fsp3) is 0.312. The molecule has 0 amide bonds. The second kappa shape index (κ2) is 6.84. The van der Waals surface area contributed by atoms with E-state index in [4.69, 9.17) is 17.3 Å². The van der Waals surface area contributed by atoms with E-state index in [0.717, 1.165) is 23.0 Å². The quantitative estimate of drug-likeness (QED) is 0.919. The summed E-state index contributed by atoms with van der Waals surface area (Å²) in [6, 6.07) is 14.1. The van der Waals surface area contributed by atoms with Crippen molar-refractivity contribution in [3.05, 3.63) is 64.4 Å². The molecule has 0 aliphatic carbocycles. The predicted molar refractivity (Wildman–Crippen MR) is 83.7 cm³/mol. The van der Waals surface area contributed by atoms with E-state index in [9.17, 15) is 0 Å². The monoisotopic (exact) mass is 289 g/mol. The molecule has 20 heavy (non-hydrogen) atoms. The molecule has 0 radical (unpaired) electrons. The van der Waals surface area contributed by atoms with Gasteiger partial charge in [0.05, 0.1) is 5.69 Å². The molecule has 1 unspecified atom stereocenters. The number of pyridine rings is 1. The van der Waals surface area contributed by atoms with Crippen LogP contribution in [0.4, 0.5) is 0 Å². The fourth-order valence-electron chi connectivity index (χ4n) is 2.31. The number of aryl methyl sites for hydroxylation is 1. The third kappa shape index (κ3) is 3.79. The second-order valence-electron chi connectivity index (χ2n) is 4.99. The summed E-state index contributed by atoms with van der Waals surface area (Å²) < 4.78 is 0. The number of hydrogen-bond acceptors (Lipinski definition) is 3. The minimum absolute atomic E-state index is 0.162. The van der Waals surface area contributed by atoms with Crippen LogP contribution in [0, 0.1) is 6.92 Å². The number of aromatic nitrogens is 1. The van der Waals surface area contributed by atoms with Crippen molar-refractivity contribution < 1.29 is 0 Å². The number of rotatable bonds is 5. The smallest absolute Gasteiger partial charge is 0.0547 e. The average Bonchev–Trinajstić information content (AvgIpc) is 2.42. The van der Waals surface area contributed by atoms with Crippen LogP contribution in [0.5, 0.6) is 0 Å². The van der Waals surface area contributed by atoms with Gasteiger partial charge in [-0.05, 0) is 43.8 Å². The highest BCUT2D eigenvalue weighted by Gasteiger charge is 2.16. The van der Waals surface area contributed by atoms with E-state index in [0.29, 0.717) is 6.54 Å². The Bertz CT molecular complexity index is 554. The van der Waals surface area contributed by atoms with Gasteiger partial charge in [0, 0.05) is 29.8 Å². The Morgan fingerprint density at radius 2 is 1.90 bits per heavy atom. The highest BCUT2D eigenvalue weighted by molar-refractivity contribution is 6.30. The molecule has 2 N–H and O–H groups in total. The van der Waals surface area contributed by atoms with Crippen LogP contribution in [-0.2, 0) is 6.54 Å². The zero-order valence-electron chi connectivity index (χ0n) is 11.9. The largest absolute Gasteiger partial charge is 0.329 e. The normalized spacial score (nSPS) is 12.7. The van der Waals surface area contributed by atoms with E-state index in [1.165, 1.54) is 5.56 Å². The zero-order chi connectivity index (χ0) is 14.5. The molecule has 0 fully saturated rings. The molecule has 0 aliphatic rings. The van der Waals surface area contributed by atoms with E-state index in [-0.39, 0.29) is 6.04 Å². The summed E-state index contributed by atoms with van der Waals surface area (Å²) in [5.74, 6) is 0. The van der Waals surface area contributed by atoms with Crippen LogP contribution < -0.4 is 5.73 Å². The van der Waals surface area contributed by atoms with Crippen molar-refractivity contribution in [2.75, 3.05) is 13.6 Å². The van der Waals surface area contributed by atoms with Gasteiger partial charge in [0.2, 0.25) is 0 Å². The first-order chi connectivity index (χ1) is 9.60. The van der Waals surface area contributed by atoms with Gasteiger partial charge in [-0.15, -0.1) is 0 Å². The van der Waals surface area contributed by atoms with Crippen molar-refractivity contribution in [1.82, 2.24) is 9.88 Å². The standard InChI is InChI=1S/C16H20ClN3/c1-12-4-3-5-15(19-12)11-20(2)16(10-18)13-6-8-14(17)9-7-13/h3-9,16H,10-11,18H2,1-2H3. The molecular weight excluding hydrogens is 270 g/mol. The molecule has 0 saturated heterocycles. The zero-order valence-corrected chi connectivity index (χ0v) is 12.6. The molecule has 2 rings (SSSR count). The van der Waals surface area contributed by atoms with Gasteiger partial charge in [0.15, 0.2) is 0 Å². The minimum Gasteiger partial charge on any atom is -0.329 e.